The molecule has 1 saturated carbocycles. The third kappa shape index (κ3) is 5.07. The number of ether oxygens (including phenoxy) is 1. The van der Waals surface area contributed by atoms with Crippen LogP contribution in [-0.4, -0.2) is 28.6 Å². The Kier molecular flexibility index (Phi) is 6.98. The third-order valence-electron chi connectivity index (χ3n) is 4.97. The first-order valence-electron chi connectivity index (χ1n) is 9.66. The Morgan fingerprint density at radius 3 is 2.50 bits per heavy atom. The van der Waals surface area contributed by atoms with Gasteiger partial charge in [-0.1, -0.05) is 31.0 Å². The molecule has 4 nitrogen and oxygen atoms in total. The van der Waals surface area contributed by atoms with E-state index in [1.807, 2.05) is 6.07 Å². The molecule has 0 heterocycles. The van der Waals surface area contributed by atoms with Crippen LogP contribution in [0.3, 0.4) is 0 Å². The van der Waals surface area contributed by atoms with Gasteiger partial charge in [0.1, 0.15) is 5.82 Å². The summed E-state index contributed by atoms with van der Waals surface area (Å²) in [7, 11) is 0. The van der Waals surface area contributed by atoms with Crippen LogP contribution in [0.2, 0.25) is 0 Å². The molecule has 1 N–H and O–H groups in total. The molecule has 0 atom stereocenters. The lowest BCUT2D eigenvalue weighted by Crippen LogP contribution is -2.41. The topological polar surface area (TPSA) is 41.6 Å². The van der Waals surface area contributed by atoms with Crippen molar-refractivity contribution in [2.45, 2.75) is 45.2 Å². The van der Waals surface area contributed by atoms with Gasteiger partial charge in [0.05, 0.1) is 12.2 Å². The minimum Gasteiger partial charge on any atom is -0.462 e. The second-order valence-corrected chi connectivity index (χ2v) is 7.27. The van der Waals surface area contributed by atoms with Crippen LogP contribution in [0, 0.1) is 5.82 Å². The van der Waals surface area contributed by atoms with Crippen molar-refractivity contribution in [3.05, 3.63) is 65.5 Å². The van der Waals surface area contributed by atoms with Gasteiger partial charge >= 0.3 is 5.97 Å². The van der Waals surface area contributed by atoms with Gasteiger partial charge in [-0.2, -0.15) is 0 Å². The molecule has 3 rings (SSSR count). The van der Waals surface area contributed by atoms with Crippen molar-refractivity contribution in [1.29, 1.82) is 0 Å². The predicted octanol–water partition coefficient (Wildman–Crippen LogP) is 5.14. The second kappa shape index (κ2) is 9.64. The molecule has 28 heavy (non-hydrogen) atoms. The van der Waals surface area contributed by atoms with Gasteiger partial charge in [-0.3, -0.25) is 0 Å². The molecule has 0 amide bonds. The Bertz CT molecular complexity index is 820. The smallest absolute Gasteiger partial charge is 0.338 e. The molecule has 0 radical (unpaired) electrons. The molecule has 148 valence electrons. The molecule has 1 fully saturated rings. The largest absolute Gasteiger partial charge is 0.462 e. The number of nitrogens with one attached hydrogen (secondary N) is 1. The fourth-order valence-corrected chi connectivity index (χ4v) is 3.82. The fraction of sp³-hybridized carbons (Fsp3) is 0.364. The summed E-state index contributed by atoms with van der Waals surface area (Å²) >= 11 is 5.66. The minimum atomic E-state index is -0.344. The molecular weight excluding hydrogens is 375 g/mol. The highest BCUT2D eigenvalue weighted by atomic mass is 32.1. The zero-order valence-corrected chi connectivity index (χ0v) is 16.8. The summed E-state index contributed by atoms with van der Waals surface area (Å²) in [6, 6.07) is 14.1. The van der Waals surface area contributed by atoms with E-state index in [-0.39, 0.29) is 11.8 Å². The zero-order chi connectivity index (χ0) is 19.9. The van der Waals surface area contributed by atoms with Gasteiger partial charge in [0.2, 0.25) is 0 Å². The van der Waals surface area contributed by atoms with Crippen molar-refractivity contribution < 1.29 is 13.9 Å². The van der Waals surface area contributed by atoms with Gasteiger partial charge in [0, 0.05) is 23.8 Å². The number of thiocarbonyl (C=S) groups is 1. The average molecular weight is 401 g/mol. The van der Waals surface area contributed by atoms with E-state index in [4.69, 9.17) is 17.0 Å². The molecule has 2 aromatic rings. The predicted molar refractivity (Wildman–Crippen MR) is 113 cm³/mol. The summed E-state index contributed by atoms with van der Waals surface area (Å²) in [5.74, 6) is -0.559. The van der Waals surface area contributed by atoms with E-state index in [1.165, 1.54) is 6.07 Å². The molecule has 2 aromatic carbocycles. The molecule has 0 spiro atoms. The van der Waals surface area contributed by atoms with Crippen LogP contribution in [0.5, 0.6) is 0 Å². The Hall–Kier alpha value is -2.47. The Morgan fingerprint density at radius 2 is 1.86 bits per heavy atom. The van der Waals surface area contributed by atoms with Gasteiger partial charge in [0.25, 0.3) is 0 Å². The quantitative estimate of drug-likeness (QED) is 0.537. The maximum Gasteiger partial charge on any atom is 0.338 e. The number of carbonyl (C=O) groups is 1. The maximum atomic E-state index is 14.2. The fourth-order valence-electron chi connectivity index (χ4n) is 3.49. The van der Waals surface area contributed by atoms with E-state index < -0.39 is 0 Å². The molecule has 6 heteroatoms. The SMILES string of the molecule is CCOC(=O)c1ccc(NC(=S)N(Cc2ccccc2F)C2CCCC2)cc1. The highest BCUT2D eigenvalue weighted by molar-refractivity contribution is 7.80. The lowest BCUT2D eigenvalue weighted by Gasteiger charge is -2.32. The highest BCUT2D eigenvalue weighted by Crippen LogP contribution is 2.26. The van der Waals surface area contributed by atoms with Gasteiger partial charge in [-0.15, -0.1) is 0 Å². The monoisotopic (exact) mass is 400 g/mol. The number of halogens is 1. The number of rotatable bonds is 6. The summed E-state index contributed by atoms with van der Waals surface area (Å²) in [6.07, 6.45) is 4.43. The standard InChI is InChI=1S/C22H25FN2O2S/c1-2-27-21(26)16-11-13-18(14-12-16)24-22(28)25(19-8-4-5-9-19)15-17-7-3-6-10-20(17)23/h3,6-7,10-14,19H,2,4-5,8-9,15H2,1H3,(H,24,28). The Morgan fingerprint density at radius 1 is 1.18 bits per heavy atom. The highest BCUT2D eigenvalue weighted by Gasteiger charge is 2.25. The molecule has 0 saturated heterocycles. The van der Waals surface area contributed by atoms with Gasteiger partial charge in [-0.05, 0) is 62.3 Å². The van der Waals surface area contributed by atoms with Crippen molar-refractivity contribution >= 4 is 29.0 Å². The van der Waals surface area contributed by atoms with Crippen LogP contribution in [0.15, 0.2) is 48.5 Å². The van der Waals surface area contributed by atoms with Crippen molar-refractivity contribution in [2.75, 3.05) is 11.9 Å². The van der Waals surface area contributed by atoms with Crippen LogP contribution in [0.1, 0.15) is 48.5 Å². The zero-order valence-electron chi connectivity index (χ0n) is 16.0. The second-order valence-electron chi connectivity index (χ2n) is 6.89. The molecule has 0 aromatic heterocycles. The summed E-state index contributed by atoms with van der Waals surface area (Å²) in [6.45, 7) is 2.55. The van der Waals surface area contributed by atoms with Crippen molar-refractivity contribution in [3.8, 4) is 0 Å². The van der Waals surface area contributed by atoms with Crippen LogP contribution < -0.4 is 5.32 Å². The number of benzene rings is 2. The van der Waals surface area contributed by atoms with E-state index in [0.717, 1.165) is 31.4 Å². The molecule has 1 aliphatic rings. The van der Waals surface area contributed by atoms with E-state index >= 15 is 0 Å². The van der Waals surface area contributed by atoms with E-state index in [2.05, 4.69) is 10.2 Å². The average Bonchev–Trinajstić information content (AvgIpc) is 3.22. The minimum absolute atomic E-state index is 0.216. The van der Waals surface area contributed by atoms with Crippen molar-refractivity contribution in [1.82, 2.24) is 4.90 Å². The number of esters is 1. The lowest BCUT2D eigenvalue weighted by atomic mass is 10.1. The maximum absolute atomic E-state index is 14.2. The normalized spacial score (nSPS) is 13.9. The third-order valence-corrected chi connectivity index (χ3v) is 5.31. The van der Waals surface area contributed by atoms with Gasteiger partial charge in [-0.25, -0.2) is 9.18 Å². The number of hydrogen-bond donors (Lipinski definition) is 1. The van der Waals surface area contributed by atoms with Crippen LogP contribution >= 0.6 is 12.2 Å². The van der Waals surface area contributed by atoms with E-state index in [9.17, 15) is 9.18 Å². The Labute approximate surface area is 170 Å². The number of anilines is 1. The first-order valence-corrected chi connectivity index (χ1v) is 10.1. The lowest BCUT2D eigenvalue weighted by molar-refractivity contribution is 0.0526. The molecule has 1 aliphatic carbocycles. The van der Waals surface area contributed by atoms with Gasteiger partial charge < -0.3 is 15.0 Å². The van der Waals surface area contributed by atoms with Gasteiger partial charge in [0.15, 0.2) is 5.11 Å². The van der Waals surface area contributed by atoms with Crippen LogP contribution in [-0.2, 0) is 11.3 Å². The summed E-state index contributed by atoms with van der Waals surface area (Å²) in [5, 5.41) is 3.81. The van der Waals surface area contributed by atoms with Crippen LogP contribution in [0.4, 0.5) is 10.1 Å². The summed E-state index contributed by atoms with van der Waals surface area (Å²) in [5.41, 5.74) is 1.92. The Balaban J connectivity index is 1.72. The number of nitrogens with zero attached hydrogens (tertiary/aromatic N) is 1. The van der Waals surface area contributed by atoms with Crippen LogP contribution in [0.25, 0.3) is 0 Å². The molecule has 0 bridgehead atoms. The molecule has 0 unspecified atom stereocenters. The summed E-state index contributed by atoms with van der Waals surface area (Å²) in [4.78, 5) is 13.9. The first kappa shape index (κ1) is 20.3. The first-order chi connectivity index (χ1) is 13.6. The molecule has 0 aliphatic heterocycles. The molecular formula is C22H25FN2O2S. The van der Waals surface area contributed by atoms with Crippen molar-refractivity contribution in [3.63, 3.8) is 0 Å². The van der Waals surface area contributed by atoms with E-state index in [0.29, 0.717) is 35.4 Å². The van der Waals surface area contributed by atoms with Crippen molar-refractivity contribution in [2.24, 2.45) is 0 Å². The number of carbonyl (C=O) groups excluding carboxylic acids is 1. The number of hydrogen-bond acceptors (Lipinski definition) is 3. The summed E-state index contributed by atoms with van der Waals surface area (Å²) < 4.78 is 19.2. The van der Waals surface area contributed by atoms with E-state index in [1.54, 1.807) is 43.3 Å².